The number of nitrogens with one attached hydrogen (secondary N) is 2. The minimum absolute atomic E-state index is 0.201. The Morgan fingerprint density at radius 3 is 2.59 bits per heavy atom. The molecule has 2 aromatic heterocycles. The van der Waals surface area contributed by atoms with Gasteiger partial charge in [-0.25, -0.2) is 22.9 Å². The topological polar surface area (TPSA) is 150 Å². The third kappa shape index (κ3) is 7.12. The number of aliphatic hydroxyl groups is 1. The van der Waals surface area contributed by atoms with Gasteiger partial charge in [0.25, 0.3) is 0 Å². The average molecular weight is 604 g/mol. The van der Waals surface area contributed by atoms with Crippen molar-refractivity contribution in [2.24, 2.45) is 5.92 Å². The van der Waals surface area contributed by atoms with E-state index in [0.29, 0.717) is 40.6 Å². The Morgan fingerprint density at radius 2 is 1.95 bits per heavy atom. The van der Waals surface area contributed by atoms with Gasteiger partial charge >= 0.3 is 5.97 Å². The quantitative estimate of drug-likeness (QED) is 0.206. The van der Waals surface area contributed by atoms with Gasteiger partial charge in [0.15, 0.2) is 5.13 Å². The van der Waals surface area contributed by atoms with Crippen LogP contribution in [-0.4, -0.2) is 67.9 Å². The molecule has 0 unspecified atom stereocenters. The van der Waals surface area contributed by atoms with Crippen LogP contribution in [0.25, 0.3) is 0 Å². The van der Waals surface area contributed by atoms with Gasteiger partial charge in [-0.2, -0.15) is 9.97 Å². The predicted molar refractivity (Wildman–Crippen MR) is 159 cm³/mol. The van der Waals surface area contributed by atoms with Gasteiger partial charge in [0.1, 0.15) is 23.2 Å². The highest BCUT2D eigenvalue weighted by Crippen LogP contribution is 2.36. The minimum Gasteiger partial charge on any atom is -0.462 e. The second kappa shape index (κ2) is 13.1. The summed E-state index contributed by atoms with van der Waals surface area (Å²) in [4.78, 5) is 31.1. The van der Waals surface area contributed by atoms with Crippen LogP contribution < -0.4 is 19.8 Å². The maximum atomic E-state index is 12.3. The number of carbonyl (C=O) groups excluding carboxylic acids is 1. The van der Waals surface area contributed by atoms with E-state index in [1.54, 1.807) is 38.1 Å². The van der Waals surface area contributed by atoms with Crippen molar-refractivity contribution in [3.8, 4) is 0 Å². The summed E-state index contributed by atoms with van der Waals surface area (Å²) in [5, 5.41) is 13.9. The van der Waals surface area contributed by atoms with Crippen molar-refractivity contribution in [2.45, 2.75) is 52.0 Å². The van der Waals surface area contributed by atoms with Gasteiger partial charge in [-0.05, 0) is 57.4 Å². The van der Waals surface area contributed by atoms with Gasteiger partial charge in [-0.15, -0.1) is 0 Å². The molecule has 14 heteroatoms. The van der Waals surface area contributed by atoms with Crippen molar-refractivity contribution < 1.29 is 23.1 Å². The van der Waals surface area contributed by atoms with E-state index in [1.165, 1.54) is 18.4 Å². The normalized spacial score (nSPS) is 13.3. The number of ether oxygens (including phenoxy) is 1. The van der Waals surface area contributed by atoms with Crippen LogP contribution in [0.1, 0.15) is 53.7 Å². The predicted octanol–water partition coefficient (Wildman–Crippen LogP) is 3.43. The Bertz CT molecular complexity index is 1480. The van der Waals surface area contributed by atoms with Crippen molar-refractivity contribution in [3.05, 3.63) is 46.0 Å². The number of hydrogen-bond donors (Lipinski definition) is 3. The first kappa shape index (κ1) is 30.6. The first-order valence-electron chi connectivity index (χ1n) is 13.5. The number of nitrogens with zero attached hydrogens (tertiary/aromatic N) is 5. The molecule has 1 aromatic carbocycles. The molecule has 0 atom stereocenters. The van der Waals surface area contributed by atoms with E-state index in [2.05, 4.69) is 33.8 Å². The molecule has 4 rings (SSSR count). The van der Waals surface area contributed by atoms with Gasteiger partial charge < -0.3 is 19.6 Å². The fraction of sp³-hybridized carbons (Fsp3) is 0.481. The zero-order valence-electron chi connectivity index (χ0n) is 24.0. The van der Waals surface area contributed by atoms with Crippen LogP contribution in [0.2, 0.25) is 0 Å². The van der Waals surface area contributed by atoms with E-state index < -0.39 is 16.0 Å². The average Bonchev–Trinajstić information content (AvgIpc) is 3.31. The Kier molecular flexibility index (Phi) is 9.79. The number of aliphatic hydroxyl groups excluding tert-OH is 1. The molecule has 0 saturated heterocycles. The molecular weight excluding hydrogens is 566 g/mol. The van der Waals surface area contributed by atoms with Gasteiger partial charge in [0.05, 0.1) is 17.2 Å². The van der Waals surface area contributed by atoms with Crippen LogP contribution in [0.15, 0.2) is 29.2 Å². The lowest BCUT2D eigenvalue weighted by Crippen LogP contribution is -2.35. The molecule has 0 fully saturated rings. The van der Waals surface area contributed by atoms with Crippen LogP contribution in [0.3, 0.4) is 0 Å². The monoisotopic (exact) mass is 603 g/mol. The molecular formula is C27H37N7O5S2. The molecule has 1 aliphatic rings. The lowest BCUT2D eigenvalue weighted by atomic mass is 10.0. The molecule has 0 saturated carbocycles. The molecule has 0 spiro atoms. The van der Waals surface area contributed by atoms with E-state index >= 15 is 0 Å². The highest BCUT2D eigenvalue weighted by Gasteiger charge is 2.27. The summed E-state index contributed by atoms with van der Waals surface area (Å²) in [5.41, 5.74) is 2.42. The highest BCUT2D eigenvalue weighted by molar-refractivity contribution is 7.89. The van der Waals surface area contributed by atoms with E-state index in [0.717, 1.165) is 36.3 Å². The smallest absolute Gasteiger partial charge is 0.350 e. The number of sulfonamides is 1. The van der Waals surface area contributed by atoms with Crippen LogP contribution in [0.4, 0.5) is 22.7 Å². The summed E-state index contributed by atoms with van der Waals surface area (Å²) < 4.78 is 31.8. The molecule has 41 heavy (non-hydrogen) atoms. The van der Waals surface area contributed by atoms with Crippen LogP contribution in [0, 0.1) is 12.8 Å². The van der Waals surface area contributed by atoms with Crippen molar-refractivity contribution in [1.82, 2.24) is 19.7 Å². The fourth-order valence-corrected chi connectivity index (χ4v) is 6.25. The highest BCUT2D eigenvalue weighted by atomic mass is 32.2. The first-order valence-corrected chi connectivity index (χ1v) is 15.8. The third-order valence-corrected chi connectivity index (χ3v) is 9.01. The van der Waals surface area contributed by atoms with E-state index in [4.69, 9.17) is 14.7 Å². The van der Waals surface area contributed by atoms with Crippen molar-refractivity contribution in [3.63, 3.8) is 0 Å². The van der Waals surface area contributed by atoms with Gasteiger partial charge in [-0.1, -0.05) is 37.3 Å². The number of aromatic nitrogens is 3. The summed E-state index contributed by atoms with van der Waals surface area (Å²) in [5.74, 6) is 1.53. The summed E-state index contributed by atoms with van der Waals surface area (Å²) >= 11 is 1.17. The van der Waals surface area contributed by atoms with Crippen LogP contribution in [-0.2, 0) is 27.7 Å². The number of esters is 1. The molecule has 3 N–H and O–H groups in total. The first-order chi connectivity index (χ1) is 19.6. The number of benzene rings is 1. The second-order valence-electron chi connectivity index (χ2n) is 10.1. The maximum Gasteiger partial charge on any atom is 0.350 e. The summed E-state index contributed by atoms with van der Waals surface area (Å²) in [6.45, 7) is 9.58. The number of anilines is 4. The standard InChI is InChI=1S/C27H37N7O5S2/c1-6-39-25(36)22-18(4)29-27(40-22)32-26-30-23-21(24(31-26)34(16-35)14-17(2)3)8-7-13-33(23)15-19-9-11-20(12-10-19)41(37,38)28-5/h9-12,17,28,35H,6-8,13-16H2,1-5H3,(H,29,30,31,32). The molecule has 0 aliphatic carbocycles. The maximum absolute atomic E-state index is 12.3. The summed E-state index contributed by atoms with van der Waals surface area (Å²) in [7, 11) is -2.14. The minimum atomic E-state index is -3.53. The number of carbonyl (C=O) groups is 1. The zero-order valence-corrected chi connectivity index (χ0v) is 25.6. The van der Waals surface area contributed by atoms with Crippen molar-refractivity contribution in [1.29, 1.82) is 0 Å². The zero-order chi connectivity index (χ0) is 29.7. The molecule has 1 aliphatic heterocycles. The largest absolute Gasteiger partial charge is 0.462 e. The number of thiazole rings is 1. The number of fused-ring (bicyclic) bond motifs is 1. The van der Waals surface area contributed by atoms with Crippen LogP contribution in [0.5, 0.6) is 0 Å². The lowest BCUT2D eigenvalue weighted by molar-refractivity contribution is 0.0531. The number of hydrogen-bond acceptors (Lipinski definition) is 12. The molecule has 222 valence electrons. The lowest BCUT2D eigenvalue weighted by Gasteiger charge is -2.34. The number of aryl methyl sites for hydroxylation is 1. The SMILES string of the molecule is CCOC(=O)c1sc(Nc2nc3c(c(N(CO)CC(C)C)n2)CCCN3Cc2ccc(S(=O)(=O)NC)cc2)nc1C. The van der Waals surface area contributed by atoms with Crippen molar-refractivity contribution >= 4 is 50.0 Å². The van der Waals surface area contributed by atoms with E-state index in [1.807, 2.05) is 4.90 Å². The molecule has 3 aromatic rings. The van der Waals surface area contributed by atoms with Gasteiger partial charge in [-0.3, -0.25) is 5.32 Å². The summed E-state index contributed by atoms with van der Waals surface area (Å²) in [6, 6.07) is 6.78. The second-order valence-corrected chi connectivity index (χ2v) is 13.0. The Hall–Kier alpha value is -3.33. The summed E-state index contributed by atoms with van der Waals surface area (Å²) in [6.07, 6.45) is 1.62. The molecule has 0 amide bonds. The molecule has 0 bridgehead atoms. The Labute approximate surface area is 244 Å². The number of rotatable bonds is 12. The van der Waals surface area contributed by atoms with E-state index in [9.17, 15) is 18.3 Å². The molecule has 0 radical (unpaired) electrons. The molecule has 3 heterocycles. The van der Waals surface area contributed by atoms with Crippen LogP contribution >= 0.6 is 11.3 Å². The molecule has 12 nitrogen and oxygen atoms in total. The third-order valence-electron chi connectivity index (χ3n) is 6.53. The van der Waals surface area contributed by atoms with Gasteiger partial charge in [0, 0.05) is 25.2 Å². The Balaban J connectivity index is 1.71. The Morgan fingerprint density at radius 1 is 1.22 bits per heavy atom. The fourth-order valence-electron chi connectivity index (χ4n) is 4.67. The van der Waals surface area contributed by atoms with Crippen molar-refractivity contribution in [2.75, 3.05) is 48.6 Å². The van der Waals surface area contributed by atoms with Gasteiger partial charge in [0.2, 0.25) is 16.0 Å². The van der Waals surface area contributed by atoms with E-state index in [-0.39, 0.29) is 24.2 Å².